The molecule has 0 spiro atoms. The zero-order chi connectivity index (χ0) is 7.40. The minimum absolute atomic E-state index is 0.668. The molecule has 0 heterocycles. The number of rotatable bonds is 2. The first-order chi connectivity index (χ1) is 4.83. The molecule has 1 aromatic rings. The molecule has 1 aromatic carbocycles. The van der Waals surface area contributed by atoms with Crippen LogP contribution in [0, 0.1) is 0 Å². The second kappa shape index (κ2) is 3.64. The van der Waals surface area contributed by atoms with E-state index in [0.717, 1.165) is 11.0 Å². The Balaban J connectivity index is 2.69. The van der Waals surface area contributed by atoms with Crippen LogP contribution >= 0.6 is 11.8 Å². The van der Waals surface area contributed by atoms with Gasteiger partial charge in [0.1, 0.15) is 7.85 Å². The quantitative estimate of drug-likeness (QED) is 0.485. The zero-order valence-corrected chi connectivity index (χ0v) is 6.23. The van der Waals surface area contributed by atoms with Crippen molar-refractivity contribution in [3.8, 4) is 0 Å². The van der Waals surface area contributed by atoms with Gasteiger partial charge in [-0.1, -0.05) is 29.7 Å². The molecule has 1 nitrogen and oxygen atoms in total. The van der Waals surface area contributed by atoms with E-state index in [4.69, 9.17) is 19.6 Å². The molecule has 0 unspecified atom stereocenters. The highest BCUT2D eigenvalue weighted by Crippen LogP contribution is 1.95. The Labute approximate surface area is 66.9 Å². The molecule has 0 fully saturated rings. The summed E-state index contributed by atoms with van der Waals surface area (Å²) in [6, 6.07) is 7.57. The van der Waals surface area contributed by atoms with E-state index in [9.17, 15) is 0 Å². The van der Waals surface area contributed by atoms with Crippen LogP contribution in [0.4, 0.5) is 0 Å². The Kier molecular flexibility index (Phi) is 2.78. The summed E-state index contributed by atoms with van der Waals surface area (Å²) < 4.78 is 0. The van der Waals surface area contributed by atoms with Crippen LogP contribution in [0.5, 0.6) is 0 Å². The third kappa shape index (κ3) is 2.05. The highest BCUT2D eigenvalue weighted by molar-refractivity contribution is 6.32. The van der Waals surface area contributed by atoms with Crippen LogP contribution in [0.3, 0.4) is 0 Å². The lowest BCUT2D eigenvalue weighted by atomic mass is 9.95. The van der Waals surface area contributed by atoms with Crippen LogP contribution in [0.1, 0.15) is 5.56 Å². The van der Waals surface area contributed by atoms with E-state index in [2.05, 4.69) is 4.84 Å². The number of hydrogen-bond donors (Lipinski definition) is 1. The molecular weight excluding hydrogens is 144 g/mol. The lowest BCUT2D eigenvalue weighted by Gasteiger charge is -1.97. The Bertz CT molecular complexity index is 197. The van der Waals surface area contributed by atoms with Crippen molar-refractivity contribution in [1.29, 1.82) is 0 Å². The molecule has 2 radical (unpaired) electrons. The molecule has 0 aromatic heterocycles. The molecule has 1 rings (SSSR count). The van der Waals surface area contributed by atoms with Crippen molar-refractivity contribution in [3.63, 3.8) is 0 Å². The maximum Gasteiger partial charge on any atom is 0.113 e. The fourth-order valence-corrected chi connectivity index (χ4v) is 0.867. The minimum atomic E-state index is 0.668. The summed E-state index contributed by atoms with van der Waals surface area (Å²) in [5.74, 6) is 0. The van der Waals surface area contributed by atoms with Gasteiger partial charge in [0.2, 0.25) is 0 Å². The molecular formula is C7H7BClN. The first-order valence-electron chi connectivity index (χ1n) is 3.01. The standard InChI is InChI=1S/C7H7BClN/c8-7-3-1-6(2-4-7)5-10-9/h1-4,10H,5H2. The maximum atomic E-state index is 5.47. The minimum Gasteiger partial charge on any atom is -0.229 e. The summed E-state index contributed by atoms with van der Waals surface area (Å²) in [7, 11) is 5.47. The average molecular weight is 151 g/mol. The smallest absolute Gasteiger partial charge is 0.113 e. The van der Waals surface area contributed by atoms with E-state index in [1.165, 1.54) is 0 Å². The van der Waals surface area contributed by atoms with Crippen molar-refractivity contribution >= 4 is 25.1 Å². The third-order valence-corrected chi connectivity index (χ3v) is 1.38. The fourth-order valence-electron chi connectivity index (χ4n) is 0.713. The van der Waals surface area contributed by atoms with Crippen molar-refractivity contribution in [1.82, 2.24) is 4.84 Å². The van der Waals surface area contributed by atoms with Gasteiger partial charge in [-0.3, -0.25) is 0 Å². The van der Waals surface area contributed by atoms with Crippen molar-refractivity contribution in [2.75, 3.05) is 0 Å². The molecule has 0 aliphatic carbocycles. The van der Waals surface area contributed by atoms with Gasteiger partial charge in [0.15, 0.2) is 0 Å². The second-order valence-electron chi connectivity index (χ2n) is 2.05. The largest absolute Gasteiger partial charge is 0.229 e. The van der Waals surface area contributed by atoms with Crippen molar-refractivity contribution in [3.05, 3.63) is 29.8 Å². The Morgan fingerprint density at radius 2 is 1.90 bits per heavy atom. The highest BCUT2D eigenvalue weighted by atomic mass is 35.5. The summed E-state index contributed by atoms with van der Waals surface area (Å²) in [5.41, 5.74) is 1.91. The van der Waals surface area contributed by atoms with Gasteiger partial charge in [-0.15, -0.1) is 0 Å². The lowest BCUT2D eigenvalue weighted by Crippen LogP contribution is -2.03. The van der Waals surface area contributed by atoms with Gasteiger partial charge in [-0.05, 0) is 17.3 Å². The average Bonchev–Trinajstić information content (AvgIpc) is 1.95. The van der Waals surface area contributed by atoms with E-state index >= 15 is 0 Å². The molecule has 0 saturated carbocycles. The van der Waals surface area contributed by atoms with Crippen molar-refractivity contribution in [2.45, 2.75) is 6.54 Å². The van der Waals surface area contributed by atoms with Gasteiger partial charge in [-0.2, -0.15) is 0 Å². The summed E-state index contributed by atoms with van der Waals surface area (Å²) >= 11 is 5.29. The number of benzene rings is 1. The summed E-state index contributed by atoms with van der Waals surface area (Å²) in [4.78, 5) is 2.53. The molecule has 50 valence electrons. The van der Waals surface area contributed by atoms with E-state index < -0.39 is 0 Å². The van der Waals surface area contributed by atoms with Crippen LogP contribution in [-0.4, -0.2) is 7.85 Å². The Hall–Kier alpha value is -0.465. The Morgan fingerprint density at radius 3 is 2.40 bits per heavy atom. The Morgan fingerprint density at radius 1 is 1.30 bits per heavy atom. The normalized spacial score (nSPS) is 9.70. The topological polar surface area (TPSA) is 12.0 Å². The predicted octanol–water partition coefficient (Wildman–Crippen LogP) is 0.724. The SMILES string of the molecule is [B]c1ccc(CNCl)cc1. The van der Waals surface area contributed by atoms with Crippen LogP contribution in [-0.2, 0) is 6.54 Å². The van der Waals surface area contributed by atoms with Gasteiger partial charge in [0.25, 0.3) is 0 Å². The van der Waals surface area contributed by atoms with Crippen LogP contribution in [0.2, 0.25) is 0 Å². The van der Waals surface area contributed by atoms with Gasteiger partial charge >= 0.3 is 0 Å². The van der Waals surface area contributed by atoms with Gasteiger partial charge in [0, 0.05) is 6.54 Å². The number of halogens is 1. The van der Waals surface area contributed by atoms with Crippen molar-refractivity contribution in [2.24, 2.45) is 0 Å². The third-order valence-electron chi connectivity index (χ3n) is 1.25. The fraction of sp³-hybridized carbons (Fsp3) is 0.143. The molecule has 10 heavy (non-hydrogen) atoms. The molecule has 0 aliphatic rings. The van der Waals surface area contributed by atoms with E-state index in [1.54, 1.807) is 0 Å². The van der Waals surface area contributed by atoms with E-state index in [1.807, 2.05) is 24.3 Å². The van der Waals surface area contributed by atoms with E-state index in [0.29, 0.717) is 6.54 Å². The molecule has 0 amide bonds. The van der Waals surface area contributed by atoms with Gasteiger partial charge in [-0.25, -0.2) is 4.84 Å². The number of hydrogen-bond acceptors (Lipinski definition) is 1. The predicted molar refractivity (Wildman–Crippen MR) is 44.5 cm³/mol. The lowest BCUT2D eigenvalue weighted by molar-refractivity contribution is 0.965. The first-order valence-corrected chi connectivity index (χ1v) is 3.38. The van der Waals surface area contributed by atoms with Crippen LogP contribution < -0.4 is 10.3 Å². The van der Waals surface area contributed by atoms with Crippen LogP contribution in [0.15, 0.2) is 24.3 Å². The molecule has 3 heteroatoms. The second-order valence-corrected chi connectivity index (χ2v) is 2.32. The molecule has 0 saturated heterocycles. The van der Waals surface area contributed by atoms with Gasteiger partial charge < -0.3 is 0 Å². The molecule has 0 aliphatic heterocycles. The van der Waals surface area contributed by atoms with E-state index in [-0.39, 0.29) is 0 Å². The molecule has 0 atom stereocenters. The monoisotopic (exact) mass is 151 g/mol. The summed E-state index contributed by atoms with van der Waals surface area (Å²) in [5, 5.41) is 0. The van der Waals surface area contributed by atoms with Gasteiger partial charge in [0.05, 0.1) is 0 Å². The van der Waals surface area contributed by atoms with Crippen molar-refractivity contribution < 1.29 is 0 Å². The van der Waals surface area contributed by atoms with Crippen LogP contribution in [0.25, 0.3) is 0 Å². The zero-order valence-electron chi connectivity index (χ0n) is 5.47. The molecule has 0 bridgehead atoms. The summed E-state index contributed by atoms with van der Waals surface area (Å²) in [6.45, 7) is 0.668. The first kappa shape index (κ1) is 7.64. The maximum absolute atomic E-state index is 5.47. The highest BCUT2D eigenvalue weighted by Gasteiger charge is 1.88. The number of nitrogens with one attached hydrogen (secondary N) is 1. The summed E-state index contributed by atoms with van der Waals surface area (Å²) in [6.07, 6.45) is 0. The molecule has 1 N–H and O–H groups in total.